The summed E-state index contributed by atoms with van der Waals surface area (Å²) in [7, 11) is 0. The lowest BCUT2D eigenvalue weighted by molar-refractivity contribution is 0.489. The van der Waals surface area contributed by atoms with E-state index in [0.29, 0.717) is 0 Å². The number of unbranched alkanes of at least 4 members (excludes halogenated alkanes) is 2. The fourth-order valence-corrected chi connectivity index (χ4v) is 1.63. The summed E-state index contributed by atoms with van der Waals surface area (Å²) in [6, 6.07) is 0. The Morgan fingerprint density at radius 1 is 1.27 bits per heavy atom. The van der Waals surface area contributed by atoms with Crippen molar-refractivity contribution in [1.82, 2.24) is 0 Å². The van der Waals surface area contributed by atoms with Gasteiger partial charge in [-0.1, -0.05) is 24.6 Å². The molecule has 0 nitrogen and oxygen atoms in total. The van der Waals surface area contributed by atoms with E-state index in [2.05, 4.69) is 18.7 Å². The summed E-state index contributed by atoms with van der Waals surface area (Å²) in [6.07, 6.45) is 14.6. The zero-order chi connectivity index (χ0) is 7.94. The van der Waals surface area contributed by atoms with E-state index in [1.165, 1.54) is 38.5 Å². The maximum atomic E-state index is 3.72. The summed E-state index contributed by atoms with van der Waals surface area (Å²) in [5.41, 5.74) is 0. The van der Waals surface area contributed by atoms with Crippen molar-refractivity contribution >= 4 is 0 Å². The van der Waals surface area contributed by atoms with Gasteiger partial charge in [-0.15, -0.1) is 6.58 Å². The zero-order valence-electron chi connectivity index (χ0n) is 7.26. The van der Waals surface area contributed by atoms with Gasteiger partial charge in [-0.2, -0.15) is 0 Å². The Kier molecular flexibility index (Phi) is 4.03. The highest BCUT2D eigenvalue weighted by Crippen LogP contribution is 2.23. The first-order valence-corrected chi connectivity index (χ1v) is 4.69. The monoisotopic (exact) mass is 150 g/mol. The van der Waals surface area contributed by atoms with E-state index in [9.17, 15) is 0 Å². The molecule has 0 saturated heterocycles. The zero-order valence-corrected chi connectivity index (χ0v) is 7.26. The molecule has 1 aliphatic rings. The van der Waals surface area contributed by atoms with E-state index in [1.54, 1.807) is 0 Å². The van der Waals surface area contributed by atoms with Crippen molar-refractivity contribution in [2.45, 2.75) is 38.5 Å². The van der Waals surface area contributed by atoms with Crippen LogP contribution in [0.2, 0.25) is 0 Å². The Bertz CT molecular complexity index is 125. The molecule has 0 unspecified atom stereocenters. The topological polar surface area (TPSA) is 0 Å². The maximum absolute atomic E-state index is 3.72. The average Bonchev–Trinajstić information content (AvgIpc) is 2.50. The fourth-order valence-electron chi connectivity index (χ4n) is 1.63. The fraction of sp³-hybridized carbons (Fsp3) is 0.636. The van der Waals surface area contributed by atoms with Crippen LogP contribution >= 0.6 is 0 Å². The van der Waals surface area contributed by atoms with Crippen LogP contribution in [0.15, 0.2) is 24.8 Å². The summed E-state index contributed by atoms with van der Waals surface area (Å²) in [4.78, 5) is 0. The molecule has 0 amide bonds. The first-order chi connectivity index (χ1) is 5.43. The predicted molar refractivity (Wildman–Crippen MR) is 50.5 cm³/mol. The van der Waals surface area contributed by atoms with Crippen LogP contribution in [0.25, 0.3) is 0 Å². The van der Waals surface area contributed by atoms with Gasteiger partial charge in [-0.25, -0.2) is 0 Å². The van der Waals surface area contributed by atoms with Gasteiger partial charge in [0.15, 0.2) is 0 Å². The molecule has 62 valence electrons. The molecule has 11 heavy (non-hydrogen) atoms. The van der Waals surface area contributed by atoms with Crippen molar-refractivity contribution in [2.24, 2.45) is 5.92 Å². The third-order valence-corrected chi connectivity index (χ3v) is 2.38. The SMILES string of the molecule is C=CCCCCC1CC=CC1. The van der Waals surface area contributed by atoms with Crippen LogP contribution < -0.4 is 0 Å². The van der Waals surface area contributed by atoms with E-state index < -0.39 is 0 Å². The summed E-state index contributed by atoms with van der Waals surface area (Å²) < 4.78 is 0. The lowest BCUT2D eigenvalue weighted by Gasteiger charge is -2.06. The van der Waals surface area contributed by atoms with Crippen LogP contribution in [0, 0.1) is 5.92 Å². The Morgan fingerprint density at radius 3 is 2.64 bits per heavy atom. The lowest BCUT2D eigenvalue weighted by atomic mass is 9.99. The van der Waals surface area contributed by atoms with Crippen molar-refractivity contribution in [2.75, 3.05) is 0 Å². The van der Waals surface area contributed by atoms with Gasteiger partial charge < -0.3 is 0 Å². The third kappa shape index (κ3) is 3.41. The second kappa shape index (κ2) is 5.17. The number of hydrogen-bond acceptors (Lipinski definition) is 0. The van der Waals surface area contributed by atoms with Crippen molar-refractivity contribution in [1.29, 1.82) is 0 Å². The number of allylic oxidation sites excluding steroid dienone is 3. The largest absolute Gasteiger partial charge is 0.103 e. The van der Waals surface area contributed by atoms with Gasteiger partial charge in [0.25, 0.3) is 0 Å². The van der Waals surface area contributed by atoms with Gasteiger partial charge in [0, 0.05) is 0 Å². The van der Waals surface area contributed by atoms with E-state index in [4.69, 9.17) is 0 Å². The highest BCUT2D eigenvalue weighted by atomic mass is 14.1. The molecule has 0 bridgehead atoms. The van der Waals surface area contributed by atoms with E-state index in [-0.39, 0.29) is 0 Å². The van der Waals surface area contributed by atoms with Crippen LogP contribution in [0.5, 0.6) is 0 Å². The molecule has 1 rings (SSSR count). The molecule has 0 spiro atoms. The maximum Gasteiger partial charge on any atom is -0.0319 e. The molecule has 0 aromatic heterocycles. The van der Waals surface area contributed by atoms with Crippen LogP contribution in [0.3, 0.4) is 0 Å². The first-order valence-electron chi connectivity index (χ1n) is 4.69. The number of rotatable bonds is 5. The summed E-state index contributed by atoms with van der Waals surface area (Å²) in [6.45, 7) is 3.72. The van der Waals surface area contributed by atoms with Crippen molar-refractivity contribution in [3.05, 3.63) is 24.8 Å². The molecule has 0 fully saturated rings. The van der Waals surface area contributed by atoms with Crippen LogP contribution in [-0.2, 0) is 0 Å². The normalized spacial score (nSPS) is 17.5. The molecule has 0 N–H and O–H groups in total. The van der Waals surface area contributed by atoms with E-state index >= 15 is 0 Å². The molecule has 0 heteroatoms. The molecule has 0 heterocycles. The molecule has 0 atom stereocenters. The highest BCUT2D eigenvalue weighted by Gasteiger charge is 2.08. The minimum Gasteiger partial charge on any atom is -0.103 e. The van der Waals surface area contributed by atoms with Gasteiger partial charge in [0.2, 0.25) is 0 Å². The lowest BCUT2D eigenvalue weighted by Crippen LogP contribution is -1.92. The van der Waals surface area contributed by atoms with Gasteiger partial charge >= 0.3 is 0 Å². The van der Waals surface area contributed by atoms with Gasteiger partial charge in [0.1, 0.15) is 0 Å². The summed E-state index contributed by atoms with van der Waals surface area (Å²) in [5, 5.41) is 0. The molecular formula is C11H18. The van der Waals surface area contributed by atoms with Gasteiger partial charge in [-0.05, 0) is 38.0 Å². The molecule has 0 radical (unpaired) electrons. The summed E-state index contributed by atoms with van der Waals surface area (Å²) in [5.74, 6) is 0.972. The van der Waals surface area contributed by atoms with Crippen LogP contribution in [0.1, 0.15) is 38.5 Å². The minimum atomic E-state index is 0.972. The van der Waals surface area contributed by atoms with Gasteiger partial charge in [-0.3, -0.25) is 0 Å². The molecular weight excluding hydrogens is 132 g/mol. The molecule has 0 aromatic carbocycles. The average molecular weight is 150 g/mol. The molecule has 0 aliphatic heterocycles. The Balaban J connectivity index is 1.91. The standard InChI is InChI=1S/C11H18/c1-2-3-4-5-8-11-9-6-7-10-11/h2,6-7,11H,1,3-5,8-10H2. The quantitative estimate of drug-likeness (QED) is 0.414. The third-order valence-electron chi connectivity index (χ3n) is 2.38. The highest BCUT2D eigenvalue weighted by molar-refractivity contribution is 4.93. The van der Waals surface area contributed by atoms with E-state index in [1.807, 2.05) is 6.08 Å². The second-order valence-electron chi connectivity index (χ2n) is 3.38. The van der Waals surface area contributed by atoms with Gasteiger partial charge in [0.05, 0.1) is 0 Å². The van der Waals surface area contributed by atoms with Crippen LogP contribution in [-0.4, -0.2) is 0 Å². The van der Waals surface area contributed by atoms with Crippen LogP contribution in [0.4, 0.5) is 0 Å². The molecule has 0 aromatic rings. The Morgan fingerprint density at radius 2 is 2.00 bits per heavy atom. The molecule has 1 aliphatic carbocycles. The smallest absolute Gasteiger partial charge is 0.0319 e. The minimum absolute atomic E-state index is 0.972. The summed E-state index contributed by atoms with van der Waals surface area (Å²) >= 11 is 0. The predicted octanol–water partition coefficient (Wildman–Crippen LogP) is 3.70. The Labute approximate surface area is 70.0 Å². The van der Waals surface area contributed by atoms with Crippen molar-refractivity contribution in [3.63, 3.8) is 0 Å². The van der Waals surface area contributed by atoms with E-state index in [0.717, 1.165) is 5.92 Å². The Hall–Kier alpha value is -0.520. The molecule has 0 saturated carbocycles. The van der Waals surface area contributed by atoms with Crippen molar-refractivity contribution in [3.8, 4) is 0 Å². The second-order valence-corrected chi connectivity index (χ2v) is 3.38. The first kappa shape index (κ1) is 8.58. The number of hydrogen-bond donors (Lipinski definition) is 0. The van der Waals surface area contributed by atoms with Crippen molar-refractivity contribution < 1.29 is 0 Å².